The van der Waals surface area contributed by atoms with Crippen LogP contribution < -0.4 is 10.2 Å². The molecule has 0 bridgehead atoms. The average molecular weight is 555 g/mol. The highest BCUT2D eigenvalue weighted by atomic mass is 32.2. The number of carbonyl (C=O) groups excluding carboxylic acids is 1. The Morgan fingerprint density at radius 3 is 2.53 bits per heavy atom. The molecule has 8 nitrogen and oxygen atoms in total. The molecule has 2 saturated carbocycles. The van der Waals surface area contributed by atoms with E-state index in [1.807, 2.05) is 0 Å². The summed E-state index contributed by atoms with van der Waals surface area (Å²) in [5.41, 5.74) is 2.45. The van der Waals surface area contributed by atoms with E-state index in [1.54, 1.807) is 11.3 Å². The fourth-order valence-corrected chi connectivity index (χ4v) is 8.46. The van der Waals surface area contributed by atoms with Crippen LogP contribution in [0.15, 0.2) is 24.3 Å². The zero-order valence-corrected chi connectivity index (χ0v) is 23.2. The van der Waals surface area contributed by atoms with Crippen LogP contribution in [0.2, 0.25) is 0 Å². The van der Waals surface area contributed by atoms with E-state index in [9.17, 15) is 18.5 Å². The molecule has 4 aliphatic rings. The van der Waals surface area contributed by atoms with E-state index >= 15 is 0 Å². The number of nitrogens with zero attached hydrogens (tertiary/aromatic N) is 3. The third-order valence-electron chi connectivity index (χ3n) is 8.57. The second-order valence-corrected chi connectivity index (χ2v) is 14.5. The van der Waals surface area contributed by atoms with Crippen molar-refractivity contribution >= 4 is 32.8 Å². The fourth-order valence-electron chi connectivity index (χ4n) is 6.00. The number of nitrogens with one attached hydrogen (secondary N) is 1. The first kappa shape index (κ1) is 25.8. The molecule has 1 N–H and O–H groups in total. The van der Waals surface area contributed by atoms with E-state index in [4.69, 9.17) is 9.72 Å². The van der Waals surface area contributed by atoms with Crippen molar-refractivity contribution in [2.75, 3.05) is 42.7 Å². The molecule has 38 heavy (non-hydrogen) atoms. The molecule has 3 heterocycles. The lowest BCUT2D eigenvalue weighted by Crippen LogP contribution is -2.42. The van der Waals surface area contributed by atoms with E-state index in [-0.39, 0.29) is 35.2 Å². The Balaban J connectivity index is 1.30. The number of rotatable bonds is 6. The maximum Gasteiger partial charge on any atom is 0.225 e. The lowest BCUT2D eigenvalue weighted by molar-refractivity contribution is -0.127. The van der Waals surface area contributed by atoms with Crippen LogP contribution in [0.1, 0.15) is 67.5 Å². The van der Waals surface area contributed by atoms with Crippen molar-refractivity contribution in [3.8, 4) is 16.5 Å². The third kappa shape index (κ3) is 5.21. The Morgan fingerprint density at radius 1 is 1.13 bits per heavy atom. The molecule has 2 aliphatic heterocycles. The van der Waals surface area contributed by atoms with Gasteiger partial charge in [0.15, 0.2) is 9.84 Å². The highest BCUT2D eigenvalue weighted by Gasteiger charge is 2.47. The zero-order valence-electron chi connectivity index (χ0n) is 21.5. The summed E-state index contributed by atoms with van der Waals surface area (Å²) >= 11 is 1.72. The molecular weight excluding hydrogens is 520 g/mol. The number of carbonyl (C=O) groups is 1. The molecule has 1 aromatic carbocycles. The van der Waals surface area contributed by atoms with Crippen molar-refractivity contribution in [3.05, 3.63) is 35.0 Å². The Labute approximate surface area is 228 Å². The number of anilines is 1. The summed E-state index contributed by atoms with van der Waals surface area (Å²) in [6, 6.07) is 10.7. The molecular formula is C28H34N4O4S2. The number of amides is 1. The summed E-state index contributed by atoms with van der Waals surface area (Å²) < 4.78 is 29.4. The van der Waals surface area contributed by atoms with Crippen LogP contribution in [0, 0.1) is 17.2 Å². The van der Waals surface area contributed by atoms with Crippen LogP contribution in [0.4, 0.5) is 5.69 Å². The fraction of sp³-hybridized carbons (Fsp3) is 0.607. The molecule has 1 aromatic heterocycles. The van der Waals surface area contributed by atoms with Crippen molar-refractivity contribution in [1.82, 2.24) is 10.3 Å². The first-order valence-electron chi connectivity index (χ1n) is 13.7. The molecule has 6 rings (SSSR count). The van der Waals surface area contributed by atoms with E-state index in [0.29, 0.717) is 19.7 Å². The summed E-state index contributed by atoms with van der Waals surface area (Å²) in [5, 5.41) is 13.7. The van der Waals surface area contributed by atoms with Crippen LogP contribution in [0.3, 0.4) is 0 Å². The van der Waals surface area contributed by atoms with Gasteiger partial charge in [0, 0.05) is 43.1 Å². The molecule has 10 heteroatoms. The predicted octanol–water partition coefficient (Wildman–Crippen LogP) is 3.99. The smallest absolute Gasteiger partial charge is 0.225 e. The monoisotopic (exact) mass is 554 g/mol. The van der Waals surface area contributed by atoms with Gasteiger partial charge in [-0.2, -0.15) is 5.26 Å². The Morgan fingerprint density at radius 2 is 1.87 bits per heavy atom. The van der Waals surface area contributed by atoms with Crippen LogP contribution in [0.5, 0.6) is 0 Å². The average Bonchev–Trinajstić information content (AvgIpc) is 3.30. The SMILES string of the molecule is N#CC1(NC(=O)C2CCCCC2c2nc([C@@H]3CCOC3)sc2-c2ccc(N3CCS(=O)(=O)CC3)cc2)CC1. The minimum atomic E-state index is -2.93. The molecule has 0 radical (unpaired) electrons. The van der Waals surface area contributed by atoms with E-state index in [2.05, 4.69) is 40.6 Å². The number of benzene rings is 1. The van der Waals surface area contributed by atoms with E-state index in [0.717, 1.165) is 78.4 Å². The molecule has 2 saturated heterocycles. The summed E-state index contributed by atoms with van der Waals surface area (Å²) in [6.07, 6.45) is 6.22. The number of nitriles is 1. The quantitative estimate of drug-likeness (QED) is 0.574. The summed E-state index contributed by atoms with van der Waals surface area (Å²) in [6.45, 7) is 2.47. The normalized spacial score (nSPS) is 28.0. The first-order valence-corrected chi connectivity index (χ1v) is 16.4. The summed E-state index contributed by atoms with van der Waals surface area (Å²) in [4.78, 5) is 21.9. The molecule has 202 valence electrons. The van der Waals surface area contributed by atoms with Crippen molar-refractivity contribution in [1.29, 1.82) is 5.26 Å². The first-order chi connectivity index (χ1) is 18.4. The third-order valence-corrected chi connectivity index (χ3v) is 11.5. The lowest BCUT2D eigenvalue weighted by atomic mass is 9.76. The van der Waals surface area contributed by atoms with Crippen molar-refractivity contribution in [2.45, 2.75) is 62.3 Å². The van der Waals surface area contributed by atoms with Crippen LogP contribution in [0.25, 0.3) is 10.4 Å². The second kappa shape index (κ2) is 10.2. The van der Waals surface area contributed by atoms with Gasteiger partial charge in [-0.05, 0) is 49.8 Å². The Kier molecular flexibility index (Phi) is 6.95. The number of ether oxygens (including phenoxy) is 1. The van der Waals surface area contributed by atoms with Gasteiger partial charge in [0.05, 0.1) is 39.8 Å². The molecule has 2 aromatic rings. The van der Waals surface area contributed by atoms with Crippen LogP contribution in [-0.2, 0) is 19.4 Å². The van der Waals surface area contributed by atoms with Gasteiger partial charge in [0.2, 0.25) is 5.91 Å². The van der Waals surface area contributed by atoms with E-state index < -0.39 is 15.4 Å². The van der Waals surface area contributed by atoms with Gasteiger partial charge in [-0.15, -0.1) is 11.3 Å². The summed E-state index contributed by atoms with van der Waals surface area (Å²) in [5.74, 6) is 0.503. The van der Waals surface area contributed by atoms with Crippen molar-refractivity contribution in [3.63, 3.8) is 0 Å². The van der Waals surface area contributed by atoms with Gasteiger partial charge < -0.3 is 15.0 Å². The molecule has 1 amide bonds. The number of hydrogen-bond acceptors (Lipinski definition) is 8. The lowest BCUT2D eigenvalue weighted by Gasteiger charge is -2.31. The van der Waals surface area contributed by atoms with Gasteiger partial charge in [0.1, 0.15) is 5.54 Å². The van der Waals surface area contributed by atoms with Gasteiger partial charge in [0.25, 0.3) is 0 Å². The topological polar surface area (TPSA) is 112 Å². The highest BCUT2D eigenvalue weighted by molar-refractivity contribution is 7.91. The molecule has 3 atom stereocenters. The number of hydrogen-bond donors (Lipinski definition) is 1. The minimum Gasteiger partial charge on any atom is -0.381 e. The minimum absolute atomic E-state index is 0.00570. The molecule has 0 spiro atoms. The second-order valence-electron chi connectivity index (χ2n) is 11.2. The number of thiazole rings is 1. The molecule has 2 unspecified atom stereocenters. The van der Waals surface area contributed by atoms with Gasteiger partial charge in [-0.3, -0.25) is 4.79 Å². The standard InChI is InChI=1S/C28H34N4O4S2/c29-18-28(10-11-28)31-26(33)23-4-2-1-3-22(23)24-25(37-27(30-24)20-9-14-36-17-20)19-5-7-21(8-6-19)32-12-15-38(34,35)16-13-32/h5-8,20,22-23H,1-4,9-17H2,(H,31,33)/t20-,22?,23?/m1/s1. The maximum absolute atomic E-state index is 13.4. The maximum atomic E-state index is 13.4. The zero-order chi connectivity index (χ0) is 26.3. The number of aromatic nitrogens is 1. The summed E-state index contributed by atoms with van der Waals surface area (Å²) in [7, 11) is -2.93. The Bertz CT molecular complexity index is 1320. The largest absolute Gasteiger partial charge is 0.381 e. The number of sulfone groups is 1. The van der Waals surface area contributed by atoms with Crippen molar-refractivity contribution < 1.29 is 17.9 Å². The molecule has 2 aliphatic carbocycles. The van der Waals surface area contributed by atoms with Crippen LogP contribution in [-0.4, -0.2) is 62.7 Å². The van der Waals surface area contributed by atoms with Crippen LogP contribution >= 0.6 is 11.3 Å². The Hall–Kier alpha value is -2.48. The van der Waals surface area contributed by atoms with Gasteiger partial charge in [-0.25, -0.2) is 13.4 Å². The van der Waals surface area contributed by atoms with E-state index in [1.165, 1.54) is 0 Å². The van der Waals surface area contributed by atoms with Crippen molar-refractivity contribution in [2.24, 2.45) is 5.92 Å². The van der Waals surface area contributed by atoms with Gasteiger partial charge >= 0.3 is 0 Å². The van der Waals surface area contributed by atoms with Gasteiger partial charge in [-0.1, -0.05) is 25.0 Å². The predicted molar refractivity (Wildman–Crippen MR) is 147 cm³/mol. The highest BCUT2D eigenvalue weighted by Crippen LogP contribution is 2.46. The molecule has 4 fully saturated rings.